The monoisotopic (exact) mass is 567 g/mol. The Hall–Kier alpha value is -4.13. The van der Waals surface area contributed by atoms with Gasteiger partial charge in [0.15, 0.2) is 17.2 Å². The number of thioether (sulfide) groups is 1. The van der Waals surface area contributed by atoms with Gasteiger partial charge in [-0.1, -0.05) is 41.9 Å². The van der Waals surface area contributed by atoms with Crippen LogP contribution >= 0.6 is 23.4 Å². The normalized spacial score (nSPS) is 11.4. The molecular formula is C25H18ClN5O5S2. The predicted molar refractivity (Wildman–Crippen MR) is 142 cm³/mol. The van der Waals surface area contributed by atoms with Crippen molar-refractivity contribution in [2.24, 2.45) is 5.73 Å². The Kier molecular flexibility index (Phi) is 7.18. The van der Waals surface area contributed by atoms with Gasteiger partial charge < -0.3 is 14.6 Å². The second-order valence-electron chi connectivity index (χ2n) is 7.81. The molecule has 10 nitrogen and oxygen atoms in total. The number of nitrogens with two attached hydrogens (primary N) is 1. The molecule has 0 aliphatic carbocycles. The van der Waals surface area contributed by atoms with Crippen LogP contribution in [0.3, 0.4) is 0 Å². The van der Waals surface area contributed by atoms with Crippen molar-refractivity contribution in [2.45, 2.75) is 15.5 Å². The van der Waals surface area contributed by atoms with Crippen molar-refractivity contribution in [1.29, 1.82) is 0 Å². The zero-order valence-electron chi connectivity index (χ0n) is 19.4. The second-order valence-corrected chi connectivity index (χ2v) is 10.9. The first-order valence-electron chi connectivity index (χ1n) is 11.0. The molecule has 0 bridgehead atoms. The van der Waals surface area contributed by atoms with Crippen LogP contribution in [0.5, 0.6) is 0 Å². The van der Waals surface area contributed by atoms with Gasteiger partial charge in [-0.15, -0.1) is 22.0 Å². The number of carbonyl (C=O) groups is 1. The van der Waals surface area contributed by atoms with Crippen molar-refractivity contribution in [3.63, 3.8) is 0 Å². The molecule has 0 unspecified atom stereocenters. The maximum absolute atomic E-state index is 13.6. The van der Waals surface area contributed by atoms with E-state index in [9.17, 15) is 13.2 Å². The van der Waals surface area contributed by atoms with Crippen LogP contribution in [0.1, 0.15) is 15.9 Å². The average molecular weight is 568 g/mol. The summed E-state index contributed by atoms with van der Waals surface area (Å²) in [6.07, 6.45) is 2.91. The molecule has 38 heavy (non-hydrogen) atoms. The van der Waals surface area contributed by atoms with Gasteiger partial charge in [0.2, 0.25) is 5.91 Å². The minimum absolute atomic E-state index is 0.0350. The fourth-order valence-corrected chi connectivity index (χ4v) is 6.27. The summed E-state index contributed by atoms with van der Waals surface area (Å²) in [4.78, 5) is 16.4. The molecule has 3 N–H and O–H groups in total. The molecule has 13 heteroatoms. The van der Waals surface area contributed by atoms with Gasteiger partial charge in [-0.3, -0.25) is 4.79 Å². The van der Waals surface area contributed by atoms with E-state index in [1.807, 2.05) is 30.3 Å². The van der Waals surface area contributed by atoms with Crippen molar-refractivity contribution < 1.29 is 22.0 Å². The summed E-state index contributed by atoms with van der Waals surface area (Å²) in [5.41, 5.74) is 6.73. The molecule has 3 aromatic heterocycles. The Morgan fingerprint density at radius 1 is 0.947 bits per heavy atom. The van der Waals surface area contributed by atoms with E-state index >= 15 is 0 Å². The van der Waals surface area contributed by atoms with Crippen molar-refractivity contribution in [3.8, 4) is 22.9 Å². The highest BCUT2D eigenvalue weighted by Crippen LogP contribution is 2.35. The van der Waals surface area contributed by atoms with Gasteiger partial charge >= 0.3 is 0 Å². The highest BCUT2D eigenvalue weighted by Gasteiger charge is 2.26. The van der Waals surface area contributed by atoms with Crippen LogP contribution < -0.4 is 10.5 Å². The first-order valence-corrected chi connectivity index (χ1v) is 13.8. The molecule has 0 radical (unpaired) electrons. The molecule has 0 saturated heterocycles. The molecule has 0 saturated carbocycles. The Bertz CT molecular complexity index is 1690. The van der Waals surface area contributed by atoms with Crippen LogP contribution in [-0.4, -0.2) is 29.5 Å². The first kappa shape index (κ1) is 25.5. The quantitative estimate of drug-likeness (QED) is 0.227. The number of hydrogen-bond donors (Lipinski definition) is 2. The number of nitrogens with one attached hydrogen (secondary N) is 1. The number of hydrogen-bond acceptors (Lipinski definition) is 9. The number of benzene rings is 2. The minimum atomic E-state index is -4.33. The first-order chi connectivity index (χ1) is 18.3. The van der Waals surface area contributed by atoms with E-state index in [0.717, 1.165) is 11.6 Å². The van der Waals surface area contributed by atoms with Crippen molar-refractivity contribution in [2.75, 3.05) is 4.72 Å². The Morgan fingerprint density at radius 2 is 1.63 bits per heavy atom. The summed E-state index contributed by atoms with van der Waals surface area (Å²) in [5, 5.41) is 8.09. The Balaban J connectivity index is 1.53. The van der Waals surface area contributed by atoms with E-state index in [2.05, 4.69) is 19.9 Å². The molecule has 0 aliphatic rings. The molecular weight excluding hydrogens is 550 g/mol. The highest BCUT2D eigenvalue weighted by molar-refractivity contribution is 7.99. The highest BCUT2D eigenvalue weighted by atomic mass is 35.5. The van der Waals surface area contributed by atoms with Crippen LogP contribution in [0.25, 0.3) is 22.9 Å². The van der Waals surface area contributed by atoms with Crippen LogP contribution in [0.4, 0.5) is 5.95 Å². The Morgan fingerprint density at radius 3 is 2.26 bits per heavy atom. The minimum Gasteiger partial charge on any atom is -0.463 e. The summed E-state index contributed by atoms with van der Waals surface area (Å²) in [7, 11) is -4.33. The number of rotatable bonds is 9. The number of amides is 1. The zero-order chi connectivity index (χ0) is 26.7. The average Bonchev–Trinajstić information content (AvgIpc) is 3.62. The number of furan rings is 2. The van der Waals surface area contributed by atoms with E-state index in [0.29, 0.717) is 22.2 Å². The van der Waals surface area contributed by atoms with E-state index in [1.54, 1.807) is 24.3 Å². The lowest BCUT2D eigenvalue weighted by Crippen LogP contribution is -2.19. The molecule has 0 fully saturated rings. The van der Waals surface area contributed by atoms with Crippen LogP contribution in [0.2, 0.25) is 5.02 Å². The summed E-state index contributed by atoms with van der Waals surface area (Å²) in [6, 6.07) is 18.6. The molecule has 2 aromatic carbocycles. The molecule has 5 rings (SSSR count). The molecule has 5 aromatic rings. The van der Waals surface area contributed by atoms with Gasteiger partial charge in [0.05, 0.1) is 23.1 Å². The fourth-order valence-electron chi connectivity index (χ4n) is 3.49. The molecule has 3 heterocycles. The van der Waals surface area contributed by atoms with Crippen LogP contribution in [-0.2, 0) is 15.8 Å². The lowest BCUT2D eigenvalue weighted by atomic mass is 10.2. The zero-order valence-corrected chi connectivity index (χ0v) is 21.8. The third-order valence-corrected chi connectivity index (χ3v) is 8.18. The summed E-state index contributed by atoms with van der Waals surface area (Å²) in [5.74, 6) is -0.0375. The largest absolute Gasteiger partial charge is 0.463 e. The predicted octanol–water partition coefficient (Wildman–Crippen LogP) is 5.24. The van der Waals surface area contributed by atoms with Crippen LogP contribution in [0.15, 0.2) is 97.9 Å². The second kappa shape index (κ2) is 10.7. The van der Waals surface area contributed by atoms with Crippen LogP contribution in [0, 0.1) is 0 Å². The smallest absolute Gasteiger partial charge is 0.265 e. The number of aromatic nitrogens is 3. The van der Waals surface area contributed by atoms with Crippen molar-refractivity contribution in [1.82, 2.24) is 15.2 Å². The number of sulfonamides is 1. The summed E-state index contributed by atoms with van der Waals surface area (Å²) >= 11 is 7.48. The number of primary amides is 1. The fraction of sp³-hybridized carbons (Fsp3) is 0.0400. The maximum Gasteiger partial charge on any atom is 0.265 e. The number of carbonyl (C=O) groups excluding carboxylic acids is 1. The maximum atomic E-state index is 13.6. The number of anilines is 1. The standard InChI is InChI=1S/C25H18ClN5O5S2/c26-17-13-20(37-14-15-6-2-1-3-7-15)21(12-16(17)24(27)32)38(33,34)31-25-28-22(18-8-4-10-35-18)23(29-30-25)19-9-5-11-36-19/h1-13H,14H2,(H2,27,32)(H,28,30,31). The van der Waals surface area contributed by atoms with Gasteiger partial charge in [-0.2, -0.15) is 0 Å². The van der Waals surface area contributed by atoms with E-state index in [1.165, 1.54) is 30.4 Å². The summed E-state index contributed by atoms with van der Waals surface area (Å²) < 4.78 is 40.3. The van der Waals surface area contributed by atoms with Gasteiger partial charge in [-0.05, 0) is 42.0 Å². The molecule has 0 spiro atoms. The molecule has 0 atom stereocenters. The van der Waals surface area contributed by atoms with Gasteiger partial charge in [0.25, 0.3) is 16.0 Å². The van der Waals surface area contributed by atoms with E-state index in [-0.39, 0.29) is 32.8 Å². The lowest BCUT2D eigenvalue weighted by molar-refractivity contribution is 0.1000. The number of halogens is 1. The molecule has 1 amide bonds. The van der Waals surface area contributed by atoms with Gasteiger partial charge in [0, 0.05) is 10.6 Å². The third-order valence-electron chi connectivity index (χ3n) is 5.25. The van der Waals surface area contributed by atoms with Gasteiger partial charge in [-0.25, -0.2) is 18.1 Å². The van der Waals surface area contributed by atoms with E-state index in [4.69, 9.17) is 26.2 Å². The van der Waals surface area contributed by atoms with E-state index < -0.39 is 15.9 Å². The lowest BCUT2D eigenvalue weighted by Gasteiger charge is -2.14. The third kappa shape index (κ3) is 5.42. The Labute approximate surface area is 226 Å². The topological polar surface area (TPSA) is 154 Å². The van der Waals surface area contributed by atoms with Crippen molar-refractivity contribution in [3.05, 3.63) is 95.4 Å². The number of nitrogens with zero attached hydrogens (tertiary/aromatic N) is 3. The van der Waals surface area contributed by atoms with Crippen molar-refractivity contribution >= 4 is 45.2 Å². The summed E-state index contributed by atoms with van der Waals surface area (Å²) in [6.45, 7) is 0. The SMILES string of the molecule is NC(=O)c1cc(S(=O)(=O)Nc2nnc(-c3ccco3)c(-c3ccco3)n2)c(SCc2ccccc2)cc1Cl. The molecule has 192 valence electrons. The molecule has 0 aliphatic heterocycles. The van der Waals surface area contributed by atoms with Gasteiger partial charge in [0.1, 0.15) is 10.6 Å².